The van der Waals surface area contributed by atoms with Crippen molar-refractivity contribution in [3.63, 3.8) is 0 Å². The molecule has 1 unspecified atom stereocenters. The van der Waals surface area contributed by atoms with Crippen LogP contribution in [0.3, 0.4) is 0 Å². The molecule has 2 N–H and O–H groups in total. The predicted molar refractivity (Wildman–Crippen MR) is 70.9 cm³/mol. The number of thioether (sulfide) groups is 1. The molecule has 1 heterocycles. The minimum atomic E-state index is 0.0302. The van der Waals surface area contributed by atoms with E-state index in [1.807, 2.05) is 0 Å². The quantitative estimate of drug-likeness (QED) is 0.841. The Kier molecular flexibility index (Phi) is 4.12. The van der Waals surface area contributed by atoms with Crippen molar-refractivity contribution in [1.29, 1.82) is 0 Å². The minimum absolute atomic E-state index is 0.0302. The normalized spacial score (nSPS) is 12.4. The van der Waals surface area contributed by atoms with Crippen molar-refractivity contribution in [2.45, 2.75) is 18.0 Å². The number of nitrogens with two attached hydrogens (primary N) is 1. The van der Waals surface area contributed by atoms with Gasteiger partial charge in [0.15, 0.2) is 0 Å². The third kappa shape index (κ3) is 3.54. The second kappa shape index (κ2) is 5.80. The van der Waals surface area contributed by atoms with E-state index in [2.05, 4.69) is 41.2 Å². The lowest BCUT2D eigenvalue weighted by Crippen LogP contribution is -2.12. The fourth-order valence-electron chi connectivity index (χ4n) is 1.44. The topological polar surface area (TPSA) is 51.8 Å². The molecule has 0 aliphatic carbocycles. The summed E-state index contributed by atoms with van der Waals surface area (Å²) in [5.74, 6) is 0.807. The molecule has 3 nitrogen and oxygen atoms in total. The predicted octanol–water partition coefficient (Wildman–Crippen LogP) is 2.58. The molecule has 0 aliphatic rings. The Labute approximate surface area is 105 Å². The van der Waals surface area contributed by atoms with E-state index in [1.165, 1.54) is 5.56 Å². The number of nitrogens with zero attached hydrogens (tertiary/aromatic N) is 2. The summed E-state index contributed by atoms with van der Waals surface area (Å²) in [5, 5.41) is 0.912. The van der Waals surface area contributed by atoms with E-state index < -0.39 is 0 Å². The Balaban J connectivity index is 1.93. The molecule has 1 aromatic carbocycles. The largest absolute Gasteiger partial charge is 0.323 e. The zero-order chi connectivity index (χ0) is 12.1. The van der Waals surface area contributed by atoms with Gasteiger partial charge < -0.3 is 5.73 Å². The van der Waals surface area contributed by atoms with Crippen LogP contribution >= 0.6 is 11.8 Å². The highest BCUT2D eigenvalue weighted by Crippen LogP contribution is 2.21. The Bertz CT molecular complexity index is 456. The van der Waals surface area contributed by atoms with E-state index in [0.29, 0.717) is 0 Å². The van der Waals surface area contributed by atoms with Crippen LogP contribution in [0.2, 0.25) is 0 Å². The molecular formula is C13H15N3S. The Morgan fingerprint density at radius 2 is 2.00 bits per heavy atom. The van der Waals surface area contributed by atoms with Crippen LogP contribution < -0.4 is 5.73 Å². The van der Waals surface area contributed by atoms with E-state index in [4.69, 9.17) is 5.73 Å². The maximum Gasteiger partial charge on any atom is 0.114 e. The molecule has 0 bridgehead atoms. The standard InChI is InChI=1S/C13H15N3S/c1-10-2-4-11(5-3-10)12(14)9-17-13-8-15-6-7-16-13/h2-8,12H,9,14H2,1H3. The first-order valence-electron chi connectivity index (χ1n) is 5.46. The smallest absolute Gasteiger partial charge is 0.114 e. The number of benzene rings is 1. The molecule has 2 aromatic rings. The Morgan fingerprint density at radius 1 is 1.24 bits per heavy atom. The van der Waals surface area contributed by atoms with Crippen LogP contribution in [0.15, 0.2) is 47.9 Å². The Morgan fingerprint density at radius 3 is 2.65 bits per heavy atom. The molecule has 4 heteroatoms. The van der Waals surface area contributed by atoms with Crippen LogP contribution in [-0.4, -0.2) is 15.7 Å². The van der Waals surface area contributed by atoms with Crippen molar-refractivity contribution in [1.82, 2.24) is 9.97 Å². The molecule has 0 fully saturated rings. The van der Waals surface area contributed by atoms with Gasteiger partial charge in [0.1, 0.15) is 5.03 Å². The van der Waals surface area contributed by atoms with Gasteiger partial charge in [-0.2, -0.15) is 0 Å². The maximum absolute atomic E-state index is 6.12. The third-order valence-electron chi connectivity index (χ3n) is 2.46. The van der Waals surface area contributed by atoms with E-state index in [9.17, 15) is 0 Å². The summed E-state index contributed by atoms with van der Waals surface area (Å²) >= 11 is 1.63. The first-order chi connectivity index (χ1) is 8.25. The van der Waals surface area contributed by atoms with Crippen LogP contribution in [0.25, 0.3) is 0 Å². The van der Waals surface area contributed by atoms with Crippen molar-refractivity contribution < 1.29 is 0 Å². The zero-order valence-electron chi connectivity index (χ0n) is 9.71. The molecule has 1 aromatic heterocycles. The van der Waals surface area contributed by atoms with E-state index in [1.54, 1.807) is 30.4 Å². The molecule has 2 rings (SSSR count). The van der Waals surface area contributed by atoms with Crippen molar-refractivity contribution in [2.24, 2.45) is 5.73 Å². The van der Waals surface area contributed by atoms with E-state index in [0.717, 1.165) is 16.3 Å². The lowest BCUT2D eigenvalue weighted by atomic mass is 10.1. The summed E-state index contributed by atoms with van der Waals surface area (Å²) in [6.07, 6.45) is 5.12. The van der Waals surface area contributed by atoms with Crippen molar-refractivity contribution >= 4 is 11.8 Å². The number of aryl methyl sites for hydroxylation is 1. The van der Waals surface area contributed by atoms with Gasteiger partial charge in [-0.3, -0.25) is 4.98 Å². The molecule has 17 heavy (non-hydrogen) atoms. The number of hydrogen-bond acceptors (Lipinski definition) is 4. The van der Waals surface area contributed by atoms with Gasteiger partial charge in [0.25, 0.3) is 0 Å². The van der Waals surface area contributed by atoms with Crippen LogP contribution in [-0.2, 0) is 0 Å². The van der Waals surface area contributed by atoms with E-state index >= 15 is 0 Å². The first kappa shape index (κ1) is 12.1. The monoisotopic (exact) mass is 245 g/mol. The fourth-order valence-corrected chi connectivity index (χ4v) is 2.26. The lowest BCUT2D eigenvalue weighted by molar-refractivity contribution is 0.829. The van der Waals surface area contributed by atoms with Gasteiger partial charge in [0, 0.05) is 24.2 Å². The molecule has 88 valence electrons. The second-order valence-corrected chi connectivity index (χ2v) is 4.91. The van der Waals surface area contributed by atoms with Gasteiger partial charge in [-0.1, -0.05) is 29.8 Å². The van der Waals surface area contributed by atoms with Gasteiger partial charge in [-0.15, -0.1) is 11.8 Å². The second-order valence-electron chi connectivity index (χ2n) is 3.87. The Hall–Kier alpha value is -1.39. The summed E-state index contributed by atoms with van der Waals surface area (Å²) in [6.45, 7) is 2.07. The highest BCUT2D eigenvalue weighted by Gasteiger charge is 2.06. The number of hydrogen-bond donors (Lipinski definition) is 1. The van der Waals surface area contributed by atoms with Crippen LogP contribution in [0.4, 0.5) is 0 Å². The first-order valence-corrected chi connectivity index (χ1v) is 6.45. The molecular weight excluding hydrogens is 230 g/mol. The maximum atomic E-state index is 6.12. The van der Waals surface area contributed by atoms with E-state index in [-0.39, 0.29) is 6.04 Å². The molecule has 0 saturated heterocycles. The highest BCUT2D eigenvalue weighted by molar-refractivity contribution is 7.99. The summed E-state index contributed by atoms with van der Waals surface area (Å²) in [4.78, 5) is 8.23. The van der Waals surface area contributed by atoms with Gasteiger partial charge in [-0.05, 0) is 12.5 Å². The van der Waals surface area contributed by atoms with Gasteiger partial charge in [0.05, 0.1) is 6.20 Å². The number of aromatic nitrogens is 2. The van der Waals surface area contributed by atoms with Crippen molar-refractivity contribution in [3.05, 3.63) is 54.0 Å². The van der Waals surface area contributed by atoms with Crippen molar-refractivity contribution in [3.8, 4) is 0 Å². The molecule has 0 saturated carbocycles. The molecule has 1 atom stereocenters. The highest BCUT2D eigenvalue weighted by atomic mass is 32.2. The lowest BCUT2D eigenvalue weighted by Gasteiger charge is -2.11. The summed E-state index contributed by atoms with van der Waals surface area (Å²) < 4.78 is 0. The average Bonchev–Trinajstić information content (AvgIpc) is 2.38. The van der Waals surface area contributed by atoms with Crippen molar-refractivity contribution in [2.75, 3.05) is 5.75 Å². The molecule has 0 radical (unpaired) electrons. The van der Waals surface area contributed by atoms with Crippen LogP contribution in [0.5, 0.6) is 0 Å². The molecule has 0 amide bonds. The third-order valence-corrected chi connectivity index (χ3v) is 3.49. The van der Waals surface area contributed by atoms with Gasteiger partial charge in [0.2, 0.25) is 0 Å². The summed E-state index contributed by atoms with van der Waals surface area (Å²) in [5.41, 5.74) is 8.54. The number of rotatable bonds is 4. The SMILES string of the molecule is Cc1ccc(C(N)CSc2cnccn2)cc1. The molecule has 0 aliphatic heterocycles. The summed E-state index contributed by atoms with van der Waals surface area (Å²) in [7, 11) is 0. The molecule has 0 spiro atoms. The fraction of sp³-hybridized carbons (Fsp3) is 0.231. The average molecular weight is 245 g/mol. The van der Waals surface area contributed by atoms with Crippen LogP contribution in [0.1, 0.15) is 17.2 Å². The minimum Gasteiger partial charge on any atom is -0.323 e. The summed E-state index contributed by atoms with van der Waals surface area (Å²) in [6, 6.07) is 8.36. The van der Waals surface area contributed by atoms with Crippen LogP contribution in [0, 0.1) is 6.92 Å². The van der Waals surface area contributed by atoms with Gasteiger partial charge >= 0.3 is 0 Å². The zero-order valence-corrected chi connectivity index (χ0v) is 10.5. The van der Waals surface area contributed by atoms with Gasteiger partial charge in [-0.25, -0.2) is 4.98 Å².